The van der Waals surface area contributed by atoms with Crippen molar-refractivity contribution in [3.8, 4) is 0 Å². The normalized spacial score (nSPS) is 27.6. The van der Waals surface area contributed by atoms with E-state index in [2.05, 4.69) is 26.8 Å². The summed E-state index contributed by atoms with van der Waals surface area (Å²) in [6, 6.07) is 5.46. The number of aryl methyl sites for hydroxylation is 1. The van der Waals surface area contributed by atoms with Crippen LogP contribution in [0, 0.1) is 30.0 Å². The summed E-state index contributed by atoms with van der Waals surface area (Å²) in [6.07, 6.45) is 3.54. The van der Waals surface area contributed by atoms with Gasteiger partial charge in [0.05, 0.1) is 0 Å². The maximum Gasteiger partial charge on any atom is 0.123 e. The van der Waals surface area contributed by atoms with Crippen LogP contribution < -0.4 is 5.73 Å². The highest BCUT2D eigenvalue weighted by molar-refractivity contribution is 5.28. The van der Waals surface area contributed by atoms with Gasteiger partial charge in [-0.05, 0) is 79.2 Å². The van der Waals surface area contributed by atoms with Gasteiger partial charge < -0.3 is 5.73 Å². The van der Waals surface area contributed by atoms with Gasteiger partial charge in [-0.2, -0.15) is 0 Å². The Morgan fingerprint density at radius 1 is 1.20 bits per heavy atom. The third-order valence-electron chi connectivity index (χ3n) is 5.01. The van der Waals surface area contributed by atoms with E-state index in [-0.39, 0.29) is 5.82 Å². The van der Waals surface area contributed by atoms with Crippen LogP contribution in [-0.2, 0) is 0 Å². The van der Waals surface area contributed by atoms with Crippen molar-refractivity contribution < 1.29 is 4.39 Å². The molecule has 0 aliphatic heterocycles. The van der Waals surface area contributed by atoms with E-state index in [4.69, 9.17) is 5.73 Å². The van der Waals surface area contributed by atoms with E-state index >= 15 is 0 Å². The molecule has 2 N–H and O–H groups in total. The summed E-state index contributed by atoms with van der Waals surface area (Å²) in [5, 5.41) is 0. The molecular weight excluding hydrogens is 249 g/mol. The van der Waals surface area contributed by atoms with Gasteiger partial charge in [0.1, 0.15) is 5.82 Å². The third kappa shape index (κ3) is 3.41. The molecule has 1 aromatic carbocycles. The van der Waals surface area contributed by atoms with Gasteiger partial charge in [-0.1, -0.05) is 26.8 Å². The topological polar surface area (TPSA) is 26.0 Å². The van der Waals surface area contributed by atoms with Crippen molar-refractivity contribution in [3.05, 3.63) is 35.1 Å². The van der Waals surface area contributed by atoms with Crippen molar-refractivity contribution >= 4 is 0 Å². The summed E-state index contributed by atoms with van der Waals surface area (Å²) >= 11 is 0. The number of hydrogen-bond acceptors (Lipinski definition) is 1. The van der Waals surface area contributed by atoms with Crippen LogP contribution >= 0.6 is 0 Å². The Morgan fingerprint density at radius 3 is 2.45 bits per heavy atom. The average molecular weight is 277 g/mol. The number of halogens is 1. The maximum absolute atomic E-state index is 13.7. The number of hydrogen-bond donors (Lipinski definition) is 1. The lowest BCUT2D eigenvalue weighted by Crippen LogP contribution is -2.34. The first-order valence-corrected chi connectivity index (χ1v) is 7.78. The number of rotatable bonds is 2. The second kappa shape index (κ2) is 5.85. The monoisotopic (exact) mass is 277 g/mol. The van der Waals surface area contributed by atoms with Crippen molar-refractivity contribution in [2.45, 2.75) is 52.9 Å². The van der Waals surface area contributed by atoms with Crippen molar-refractivity contribution in [2.75, 3.05) is 6.54 Å². The molecule has 1 saturated carbocycles. The van der Waals surface area contributed by atoms with E-state index in [1.807, 2.05) is 6.92 Å². The minimum atomic E-state index is -0.117. The molecule has 0 bridgehead atoms. The largest absolute Gasteiger partial charge is 0.330 e. The van der Waals surface area contributed by atoms with Crippen molar-refractivity contribution in [3.63, 3.8) is 0 Å². The van der Waals surface area contributed by atoms with Gasteiger partial charge in [0, 0.05) is 0 Å². The zero-order chi connectivity index (χ0) is 14.9. The Kier molecular flexibility index (Phi) is 4.53. The second-order valence-electron chi connectivity index (χ2n) is 7.54. The fourth-order valence-corrected chi connectivity index (χ4v) is 3.69. The lowest BCUT2D eigenvalue weighted by molar-refractivity contribution is 0.133. The van der Waals surface area contributed by atoms with Gasteiger partial charge in [0.25, 0.3) is 0 Å². The molecule has 1 aliphatic carbocycles. The Balaban J connectivity index is 2.29. The third-order valence-corrected chi connectivity index (χ3v) is 5.01. The van der Waals surface area contributed by atoms with E-state index in [1.54, 1.807) is 12.1 Å². The van der Waals surface area contributed by atoms with E-state index in [1.165, 1.54) is 12.8 Å². The first-order chi connectivity index (χ1) is 9.31. The molecule has 2 heteroatoms. The first-order valence-electron chi connectivity index (χ1n) is 7.78. The molecule has 0 radical (unpaired) electrons. The molecule has 1 aromatic rings. The number of benzene rings is 1. The summed E-state index contributed by atoms with van der Waals surface area (Å²) in [4.78, 5) is 0. The van der Waals surface area contributed by atoms with E-state index < -0.39 is 0 Å². The lowest BCUT2D eigenvalue weighted by atomic mass is 9.64. The molecule has 1 aliphatic rings. The minimum Gasteiger partial charge on any atom is -0.330 e. The van der Waals surface area contributed by atoms with Crippen LogP contribution in [0.25, 0.3) is 0 Å². The predicted molar refractivity (Wildman–Crippen MR) is 83.2 cm³/mol. The molecule has 2 rings (SSSR count). The fraction of sp³-hybridized carbons (Fsp3) is 0.667. The molecular formula is C18H28FN. The summed E-state index contributed by atoms with van der Waals surface area (Å²) in [5.74, 6) is 1.48. The quantitative estimate of drug-likeness (QED) is 0.837. The highest BCUT2D eigenvalue weighted by atomic mass is 19.1. The van der Waals surface area contributed by atoms with Gasteiger partial charge in [0.15, 0.2) is 0 Å². The van der Waals surface area contributed by atoms with E-state index in [0.717, 1.165) is 17.5 Å². The van der Waals surface area contributed by atoms with Gasteiger partial charge >= 0.3 is 0 Å². The van der Waals surface area contributed by atoms with Gasteiger partial charge in [-0.3, -0.25) is 0 Å². The van der Waals surface area contributed by atoms with Gasteiger partial charge in [-0.15, -0.1) is 0 Å². The molecule has 0 amide bonds. The smallest absolute Gasteiger partial charge is 0.123 e. The summed E-state index contributed by atoms with van der Waals surface area (Å²) in [7, 11) is 0. The summed E-state index contributed by atoms with van der Waals surface area (Å²) in [6.45, 7) is 9.61. The molecule has 3 atom stereocenters. The van der Waals surface area contributed by atoms with Crippen LogP contribution in [0.2, 0.25) is 0 Å². The Hall–Kier alpha value is -0.890. The molecule has 0 heterocycles. The summed E-state index contributed by atoms with van der Waals surface area (Å²) < 4.78 is 13.7. The Labute approximate surface area is 122 Å². The molecule has 1 fully saturated rings. The van der Waals surface area contributed by atoms with Crippen LogP contribution in [-0.4, -0.2) is 6.54 Å². The molecule has 0 aromatic heterocycles. The highest BCUT2D eigenvalue weighted by Gasteiger charge is 2.36. The molecule has 1 nitrogen and oxygen atoms in total. The highest BCUT2D eigenvalue weighted by Crippen LogP contribution is 2.46. The van der Waals surface area contributed by atoms with Crippen LogP contribution in [0.4, 0.5) is 4.39 Å². The zero-order valence-corrected chi connectivity index (χ0v) is 13.2. The molecule has 0 saturated heterocycles. The van der Waals surface area contributed by atoms with Crippen molar-refractivity contribution in [1.29, 1.82) is 0 Å². The van der Waals surface area contributed by atoms with Crippen molar-refractivity contribution in [1.82, 2.24) is 0 Å². The zero-order valence-electron chi connectivity index (χ0n) is 13.2. The molecule has 112 valence electrons. The molecule has 20 heavy (non-hydrogen) atoms. The minimum absolute atomic E-state index is 0.117. The van der Waals surface area contributed by atoms with Gasteiger partial charge in [-0.25, -0.2) is 4.39 Å². The van der Waals surface area contributed by atoms with Crippen LogP contribution in [0.5, 0.6) is 0 Å². The van der Waals surface area contributed by atoms with Crippen LogP contribution in [0.3, 0.4) is 0 Å². The maximum atomic E-state index is 13.7. The Bertz CT molecular complexity index is 441. The first kappa shape index (κ1) is 15.5. The second-order valence-corrected chi connectivity index (χ2v) is 7.54. The predicted octanol–water partition coefficient (Wildman–Crippen LogP) is 4.64. The van der Waals surface area contributed by atoms with Crippen molar-refractivity contribution in [2.24, 2.45) is 23.0 Å². The van der Waals surface area contributed by atoms with E-state index in [0.29, 0.717) is 29.7 Å². The SMILES string of the molecule is Cc1cc(F)cc(C2CC(C(C)(C)C)CCC2CN)c1. The molecule has 3 unspecified atom stereocenters. The number of nitrogens with two attached hydrogens (primary N) is 1. The lowest BCUT2D eigenvalue weighted by Gasteiger charge is -2.42. The fourth-order valence-electron chi connectivity index (χ4n) is 3.69. The van der Waals surface area contributed by atoms with Gasteiger partial charge in [0.2, 0.25) is 0 Å². The summed E-state index contributed by atoms with van der Waals surface area (Å²) in [5.41, 5.74) is 8.44. The standard InChI is InChI=1S/C18H28FN/c1-12-7-14(9-16(19)8-12)17-10-15(18(2,3)4)6-5-13(17)11-20/h7-9,13,15,17H,5-6,10-11,20H2,1-4H3. The Morgan fingerprint density at radius 2 is 1.90 bits per heavy atom. The average Bonchev–Trinajstić information content (AvgIpc) is 2.35. The van der Waals surface area contributed by atoms with Crippen LogP contribution in [0.15, 0.2) is 18.2 Å². The van der Waals surface area contributed by atoms with E-state index in [9.17, 15) is 4.39 Å². The van der Waals surface area contributed by atoms with Crippen LogP contribution in [0.1, 0.15) is 57.1 Å². The molecule has 0 spiro atoms.